The van der Waals surface area contributed by atoms with Gasteiger partial charge in [0.15, 0.2) is 0 Å². The average Bonchev–Trinajstić information content (AvgIpc) is 2.62. The van der Waals surface area contributed by atoms with Crippen LogP contribution in [0.5, 0.6) is 0 Å². The Kier molecular flexibility index (Phi) is 4.77. The second-order valence-electron chi connectivity index (χ2n) is 5.87. The van der Waals surface area contributed by atoms with Gasteiger partial charge in [0, 0.05) is 58.6 Å². The van der Waals surface area contributed by atoms with E-state index in [1.54, 1.807) is 0 Å². The molecule has 2 amide bonds. The molecule has 0 aliphatic carbocycles. The zero-order valence-electron chi connectivity index (χ0n) is 13.3. The summed E-state index contributed by atoms with van der Waals surface area (Å²) >= 11 is 0. The minimum Gasteiger partial charge on any atom is -0.353 e. The van der Waals surface area contributed by atoms with Gasteiger partial charge in [-0.25, -0.2) is 9.78 Å². The highest BCUT2D eigenvalue weighted by Gasteiger charge is 2.27. The Morgan fingerprint density at radius 2 is 1.64 bits per heavy atom. The number of carbonyl (C=O) groups excluding carboxylic acids is 1. The molecular formula is C16H25N5O. The van der Waals surface area contributed by atoms with E-state index in [-0.39, 0.29) is 6.03 Å². The molecule has 6 nitrogen and oxygen atoms in total. The molecule has 0 radical (unpaired) electrons. The number of aromatic nitrogens is 1. The maximum absolute atomic E-state index is 12.6. The van der Waals surface area contributed by atoms with Gasteiger partial charge in [-0.05, 0) is 18.7 Å². The molecule has 1 aromatic heterocycles. The molecule has 120 valence electrons. The summed E-state index contributed by atoms with van der Waals surface area (Å²) in [6.45, 7) is 10.2. The molecule has 0 aromatic carbocycles. The lowest BCUT2D eigenvalue weighted by Crippen LogP contribution is -2.56. The van der Waals surface area contributed by atoms with Gasteiger partial charge in [-0.2, -0.15) is 0 Å². The Morgan fingerprint density at radius 1 is 1.00 bits per heavy atom. The molecule has 0 saturated carbocycles. The third-order valence-electron chi connectivity index (χ3n) is 4.61. The maximum atomic E-state index is 12.6. The highest BCUT2D eigenvalue weighted by atomic mass is 16.2. The van der Waals surface area contributed by atoms with E-state index < -0.39 is 0 Å². The second-order valence-corrected chi connectivity index (χ2v) is 5.87. The van der Waals surface area contributed by atoms with Gasteiger partial charge in [0.25, 0.3) is 0 Å². The number of anilines is 1. The monoisotopic (exact) mass is 303 g/mol. The van der Waals surface area contributed by atoms with Gasteiger partial charge in [-0.3, -0.25) is 0 Å². The summed E-state index contributed by atoms with van der Waals surface area (Å²) in [7, 11) is 0. The molecule has 0 unspecified atom stereocenters. The van der Waals surface area contributed by atoms with Crippen molar-refractivity contribution in [2.24, 2.45) is 0 Å². The van der Waals surface area contributed by atoms with Crippen LogP contribution in [0.1, 0.15) is 6.92 Å². The van der Waals surface area contributed by atoms with Gasteiger partial charge >= 0.3 is 6.03 Å². The van der Waals surface area contributed by atoms with Crippen LogP contribution in [0.3, 0.4) is 0 Å². The smallest absolute Gasteiger partial charge is 0.320 e. The largest absolute Gasteiger partial charge is 0.353 e. The fourth-order valence-corrected chi connectivity index (χ4v) is 3.12. The van der Waals surface area contributed by atoms with E-state index in [4.69, 9.17) is 0 Å². The first kappa shape index (κ1) is 15.1. The summed E-state index contributed by atoms with van der Waals surface area (Å²) in [5.74, 6) is 1.01. The van der Waals surface area contributed by atoms with Crippen molar-refractivity contribution in [1.29, 1.82) is 0 Å². The van der Waals surface area contributed by atoms with Crippen molar-refractivity contribution in [1.82, 2.24) is 19.7 Å². The molecule has 1 aromatic rings. The minimum absolute atomic E-state index is 0.205. The Balaban J connectivity index is 1.50. The Hall–Kier alpha value is -1.82. The first-order chi connectivity index (χ1) is 10.8. The first-order valence-corrected chi connectivity index (χ1v) is 8.20. The molecule has 0 N–H and O–H groups in total. The lowest BCUT2D eigenvalue weighted by atomic mass is 10.3. The Labute approximate surface area is 132 Å². The lowest BCUT2D eigenvalue weighted by molar-refractivity contribution is 0.113. The number of amides is 2. The summed E-state index contributed by atoms with van der Waals surface area (Å²) in [6, 6.07) is 6.17. The molecule has 22 heavy (non-hydrogen) atoms. The molecule has 3 heterocycles. The molecule has 0 atom stereocenters. The fraction of sp³-hybridized carbons (Fsp3) is 0.625. The van der Waals surface area contributed by atoms with Gasteiger partial charge in [-0.1, -0.05) is 13.0 Å². The third kappa shape index (κ3) is 3.32. The highest BCUT2D eigenvalue weighted by molar-refractivity contribution is 5.75. The predicted molar refractivity (Wildman–Crippen MR) is 87.1 cm³/mol. The van der Waals surface area contributed by atoms with Gasteiger partial charge in [0.05, 0.1) is 0 Å². The van der Waals surface area contributed by atoms with Crippen LogP contribution in [0.25, 0.3) is 0 Å². The fourth-order valence-electron chi connectivity index (χ4n) is 3.12. The number of pyridine rings is 1. The Bertz CT molecular complexity index is 479. The Morgan fingerprint density at radius 3 is 2.18 bits per heavy atom. The number of hydrogen-bond acceptors (Lipinski definition) is 4. The minimum atomic E-state index is 0.205. The number of nitrogens with zero attached hydrogens (tertiary/aromatic N) is 5. The first-order valence-electron chi connectivity index (χ1n) is 8.20. The number of urea groups is 1. The topological polar surface area (TPSA) is 42.9 Å². The van der Waals surface area contributed by atoms with Crippen LogP contribution < -0.4 is 4.90 Å². The second kappa shape index (κ2) is 6.96. The van der Waals surface area contributed by atoms with E-state index in [1.165, 1.54) is 0 Å². The highest BCUT2D eigenvalue weighted by Crippen LogP contribution is 2.14. The van der Waals surface area contributed by atoms with Gasteiger partial charge in [0.1, 0.15) is 5.82 Å². The van der Waals surface area contributed by atoms with E-state index >= 15 is 0 Å². The van der Waals surface area contributed by atoms with Gasteiger partial charge < -0.3 is 19.6 Å². The number of piperazine rings is 2. The summed E-state index contributed by atoms with van der Waals surface area (Å²) in [5.41, 5.74) is 0. The number of hydrogen-bond donors (Lipinski definition) is 0. The summed E-state index contributed by atoms with van der Waals surface area (Å²) in [4.78, 5) is 25.6. The van der Waals surface area contributed by atoms with Crippen molar-refractivity contribution >= 4 is 11.8 Å². The average molecular weight is 303 g/mol. The van der Waals surface area contributed by atoms with E-state index in [0.717, 1.165) is 64.7 Å². The van der Waals surface area contributed by atoms with Crippen molar-refractivity contribution in [3.8, 4) is 0 Å². The quantitative estimate of drug-likeness (QED) is 0.816. The summed E-state index contributed by atoms with van der Waals surface area (Å²) in [6.07, 6.45) is 1.82. The van der Waals surface area contributed by atoms with Gasteiger partial charge in [0.2, 0.25) is 0 Å². The maximum Gasteiger partial charge on any atom is 0.320 e. The van der Waals surface area contributed by atoms with Crippen LogP contribution in [-0.2, 0) is 0 Å². The van der Waals surface area contributed by atoms with Crippen molar-refractivity contribution in [2.75, 3.05) is 63.8 Å². The predicted octanol–water partition coefficient (Wildman–Crippen LogP) is 0.961. The van der Waals surface area contributed by atoms with E-state index in [1.807, 2.05) is 34.2 Å². The summed E-state index contributed by atoms with van der Waals surface area (Å²) < 4.78 is 0. The molecule has 0 spiro atoms. The number of likely N-dealkylation sites (N-methyl/N-ethyl adjacent to an activating group) is 1. The van der Waals surface area contributed by atoms with Crippen LogP contribution in [-0.4, -0.2) is 84.6 Å². The van der Waals surface area contributed by atoms with Crippen LogP contribution in [0.15, 0.2) is 24.4 Å². The molecule has 0 bridgehead atoms. The molecule has 2 aliphatic heterocycles. The zero-order valence-corrected chi connectivity index (χ0v) is 13.3. The normalized spacial score (nSPS) is 20.3. The van der Waals surface area contributed by atoms with E-state index in [2.05, 4.69) is 21.7 Å². The van der Waals surface area contributed by atoms with Crippen LogP contribution in [0.2, 0.25) is 0 Å². The van der Waals surface area contributed by atoms with Gasteiger partial charge in [-0.15, -0.1) is 0 Å². The van der Waals surface area contributed by atoms with Crippen LogP contribution in [0.4, 0.5) is 10.6 Å². The molecule has 2 aliphatic rings. The number of rotatable bonds is 2. The molecule has 6 heteroatoms. The number of carbonyl (C=O) groups is 1. The molecule has 3 rings (SSSR count). The SMILES string of the molecule is CCN1CCN(C(=O)N2CCN(c3ccccn3)CC2)CC1. The van der Waals surface area contributed by atoms with Crippen LogP contribution >= 0.6 is 0 Å². The van der Waals surface area contributed by atoms with E-state index in [0.29, 0.717) is 0 Å². The molecule has 2 fully saturated rings. The van der Waals surface area contributed by atoms with Crippen LogP contribution in [0, 0.1) is 0 Å². The standard InChI is InChI=1S/C16H25N5O/c1-2-18-7-9-20(10-8-18)16(22)21-13-11-19(12-14-21)15-5-3-4-6-17-15/h3-6H,2,7-14H2,1H3. The molecular weight excluding hydrogens is 278 g/mol. The van der Waals surface area contributed by atoms with Crippen molar-refractivity contribution in [3.05, 3.63) is 24.4 Å². The van der Waals surface area contributed by atoms with E-state index in [9.17, 15) is 4.79 Å². The third-order valence-corrected chi connectivity index (χ3v) is 4.61. The van der Waals surface area contributed by atoms with Crippen molar-refractivity contribution in [2.45, 2.75) is 6.92 Å². The van der Waals surface area contributed by atoms with Crippen molar-refractivity contribution < 1.29 is 4.79 Å². The zero-order chi connectivity index (χ0) is 15.4. The summed E-state index contributed by atoms with van der Waals surface area (Å²) in [5, 5.41) is 0. The lowest BCUT2D eigenvalue weighted by Gasteiger charge is -2.40. The van der Waals surface area contributed by atoms with Crippen molar-refractivity contribution in [3.63, 3.8) is 0 Å². The molecule has 2 saturated heterocycles.